The van der Waals surface area contributed by atoms with Crippen LogP contribution in [0.5, 0.6) is 0 Å². The molecule has 1 fully saturated rings. The van der Waals surface area contributed by atoms with Gasteiger partial charge in [-0.3, -0.25) is 4.90 Å². The van der Waals surface area contributed by atoms with Crippen LogP contribution in [0.3, 0.4) is 0 Å². The van der Waals surface area contributed by atoms with Gasteiger partial charge < -0.3 is 0 Å². The molecule has 0 aromatic heterocycles. The van der Waals surface area contributed by atoms with Crippen LogP contribution in [0.25, 0.3) is 0 Å². The molecule has 0 amide bonds. The quantitative estimate of drug-likeness (QED) is 0.506. The molecule has 1 aliphatic heterocycles. The van der Waals surface area contributed by atoms with Crippen molar-refractivity contribution in [1.29, 1.82) is 0 Å². The lowest BCUT2D eigenvalue weighted by Crippen LogP contribution is -2.34. The van der Waals surface area contributed by atoms with Crippen molar-refractivity contribution in [2.45, 2.75) is 32.7 Å². The number of likely N-dealkylation sites (tertiary alicyclic amines) is 1. The fourth-order valence-electron chi connectivity index (χ4n) is 1.40. The average Bonchev–Trinajstić information content (AvgIpc) is 1.89. The van der Waals surface area contributed by atoms with Gasteiger partial charge >= 0.3 is 0 Å². The smallest absolute Gasteiger partial charge is 0.0272 e. The highest BCUT2D eigenvalue weighted by atomic mass is 15.1. The fourth-order valence-corrected chi connectivity index (χ4v) is 1.40. The summed E-state index contributed by atoms with van der Waals surface area (Å²) in [7, 11) is 2.17. The first-order chi connectivity index (χ1) is 4.34. The Labute approximate surface area is 64.7 Å². The van der Waals surface area contributed by atoms with Gasteiger partial charge in [-0.25, -0.2) is 0 Å². The summed E-state index contributed by atoms with van der Waals surface area (Å²) in [6.45, 7) is 5.04. The lowest BCUT2D eigenvalue weighted by molar-refractivity contribution is 0.222. The summed E-state index contributed by atoms with van der Waals surface area (Å²) >= 11 is 0. The monoisotopic (exact) mass is 141 g/mol. The minimum Gasteiger partial charge on any atom is -0.300 e. The minimum atomic E-state index is 0. The zero-order chi connectivity index (χ0) is 6.69. The van der Waals surface area contributed by atoms with Crippen LogP contribution in [0.15, 0.2) is 12.7 Å². The van der Waals surface area contributed by atoms with Crippen molar-refractivity contribution < 1.29 is 0 Å². The standard InChI is InChI=1S/C8H15N.CH4/c1-3-8-6-4-5-7-9(8)2;/h3,8H,1,4-7H2,2H3;1H4. The molecule has 1 aliphatic rings. The van der Waals surface area contributed by atoms with Crippen molar-refractivity contribution in [3.8, 4) is 0 Å². The Morgan fingerprint density at radius 2 is 2.20 bits per heavy atom. The zero-order valence-corrected chi connectivity index (χ0v) is 6.14. The Kier molecular flexibility index (Phi) is 4.37. The van der Waals surface area contributed by atoms with E-state index in [1.165, 1.54) is 25.8 Å². The lowest BCUT2D eigenvalue weighted by Gasteiger charge is -2.29. The van der Waals surface area contributed by atoms with Gasteiger partial charge in [-0.05, 0) is 26.4 Å². The average molecular weight is 141 g/mol. The maximum atomic E-state index is 3.79. The number of likely N-dealkylation sites (N-methyl/N-ethyl adjacent to an activating group) is 1. The Balaban J connectivity index is 0.000000810. The van der Waals surface area contributed by atoms with Gasteiger partial charge in [-0.2, -0.15) is 0 Å². The molecule has 0 saturated carbocycles. The molecular formula is C9H19N. The highest BCUT2D eigenvalue weighted by Gasteiger charge is 2.14. The molecular weight excluding hydrogens is 122 g/mol. The van der Waals surface area contributed by atoms with Crippen molar-refractivity contribution in [1.82, 2.24) is 4.90 Å². The highest BCUT2D eigenvalue weighted by Crippen LogP contribution is 2.14. The molecule has 0 bridgehead atoms. The summed E-state index contributed by atoms with van der Waals surface area (Å²) < 4.78 is 0. The molecule has 1 rings (SSSR count). The third kappa shape index (κ3) is 2.14. The van der Waals surface area contributed by atoms with Crippen LogP contribution in [0, 0.1) is 0 Å². The van der Waals surface area contributed by atoms with Crippen LogP contribution in [0.4, 0.5) is 0 Å². The van der Waals surface area contributed by atoms with E-state index in [1.807, 2.05) is 0 Å². The zero-order valence-electron chi connectivity index (χ0n) is 6.14. The highest BCUT2D eigenvalue weighted by molar-refractivity contribution is 4.88. The summed E-state index contributed by atoms with van der Waals surface area (Å²) in [6.07, 6.45) is 6.10. The number of piperidine rings is 1. The van der Waals surface area contributed by atoms with Crippen molar-refractivity contribution in [3.63, 3.8) is 0 Å². The van der Waals surface area contributed by atoms with Gasteiger partial charge in [0.15, 0.2) is 0 Å². The molecule has 1 atom stereocenters. The second-order valence-electron chi connectivity index (χ2n) is 2.78. The van der Waals surface area contributed by atoms with E-state index in [1.54, 1.807) is 0 Å². The summed E-state index contributed by atoms with van der Waals surface area (Å²) in [4.78, 5) is 2.37. The largest absolute Gasteiger partial charge is 0.300 e. The van der Waals surface area contributed by atoms with Gasteiger partial charge in [-0.1, -0.05) is 19.9 Å². The van der Waals surface area contributed by atoms with Crippen LogP contribution in [-0.2, 0) is 0 Å². The molecule has 60 valence electrons. The predicted octanol–water partition coefficient (Wildman–Crippen LogP) is 2.29. The van der Waals surface area contributed by atoms with Crippen LogP contribution in [0.2, 0.25) is 0 Å². The topological polar surface area (TPSA) is 3.24 Å². The molecule has 0 aromatic carbocycles. The maximum absolute atomic E-state index is 3.79. The number of hydrogen-bond donors (Lipinski definition) is 0. The Morgan fingerprint density at radius 3 is 2.60 bits per heavy atom. The van der Waals surface area contributed by atoms with E-state index in [-0.39, 0.29) is 7.43 Å². The molecule has 0 radical (unpaired) electrons. The van der Waals surface area contributed by atoms with Crippen molar-refractivity contribution in [2.75, 3.05) is 13.6 Å². The van der Waals surface area contributed by atoms with Crippen molar-refractivity contribution in [3.05, 3.63) is 12.7 Å². The SMILES string of the molecule is C.C=CC1CCCCN1C. The number of rotatable bonds is 1. The van der Waals surface area contributed by atoms with E-state index in [0.29, 0.717) is 6.04 Å². The summed E-state index contributed by atoms with van der Waals surface area (Å²) in [5, 5.41) is 0. The molecule has 1 heterocycles. The minimum absolute atomic E-state index is 0. The second kappa shape index (κ2) is 4.51. The van der Waals surface area contributed by atoms with Gasteiger partial charge in [0.25, 0.3) is 0 Å². The number of hydrogen-bond acceptors (Lipinski definition) is 1. The van der Waals surface area contributed by atoms with Gasteiger partial charge in [-0.15, -0.1) is 6.58 Å². The molecule has 1 heteroatoms. The molecule has 0 spiro atoms. The van der Waals surface area contributed by atoms with Crippen LogP contribution >= 0.6 is 0 Å². The van der Waals surface area contributed by atoms with E-state index in [0.717, 1.165) is 0 Å². The number of nitrogens with zero attached hydrogens (tertiary/aromatic N) is 1. The lowest BCUT2D eigenvalue weighted by atomic mass is 10.0. The van der Waals surface area contributed by atoms with Gasteiger partial charge in [0.1, 0.15) is 0 Å². The Morgan fingerprint density at radius 1 is 1.50 bits per heavy atom. The first-order valence-electron chi connectivity index (χ1n) is 3.67. The molecule has 0 aliphatic carbocycles. The molecule has 10 heavy (non-hydrogen) atoms. The molecule has 1 saturated heterocycles. The summed E-state index contributed by atoms with van der Waals surface area (Å²) in [6, 6.07) is 0.652. The van der Waals surface area contributed by atoms with Gasteiger partial charge in [0, 0.05) is 6.04 Å². The summed E-state index contributed by atoms with van der Waals surface area (Å²) in [5.41, 5.74) is 0. The normalized spacial score (nSPS) is 27.1. The second-order valence-corrected chi connectivity index (χ2v) is 2.78. The first-order valence-corrected chi connectivity index (χ1v) is 3.67. The third-order valence-electron chi connectivity index (χ3n) is 2.10. The fraction of sp³-hybridized carbons (Fsp3) is 0.778. The van der Waals surface area contributed by atoms with E-state index < -0.39 is 0 Å². The molecule has 0 N–H and O–H groups in total. The Bertz CT molecular complexity index is 98.9. The van der Waals surface area contributed by atoms with E-state index in [4.69, 9.17) is 0 Å². The molecule has 0 aromatic rings. The Hall–Kier alpha value is -0.300. The maximum Gasteiger partial charge on any atom is 0.0272 e. The van der Waals surface area contributed by atoms with Gasteiger partial charge in [0.2, 0.25) is 0 Å². The van der Waals surface area contributed by atoms with Crippen LogP contribution in [-0.4, -0.2) is 24.5 Å². The third-order valence-corrected chi connectivity index (χ3v) is 2.10. The van der Waals surface area contributed by atoms with Crippen LogP contribution in [0.1, 0.15) is 26.7 Å². The van der Waals surface area contributed by atoms with Gasteiger partial charge in [0.05, 0.1) is 0 Å². The van der Waals surface area contributed by atoms with Crippen LogP contribution < -0.4 is 0 Å². The van der Waals surface area contributed by atoms with Crippen molar-refractivity contribution in [2.24, 2.45) is 0 Å². The predicted molar refractivity (Wildman–Crippen MR) is 47.2 cm³/mol. The van der Waals surface area contributed by atoms with E-state index >= 15 is 0 Å². The molecule has 1 unspecified atom stereocenters. The van der Waals surface area contributed by atoms with E-state index in [2.05, 4.69) is 24.6 Å². The van der Waals surface area contributed by atoms with E-state index in [9.17, 15) is 0 Å². The summed E-state index contributed by atoms with van der Waals surface area (Å²) in [5.74, 6) is 0. The molecule has 1 nitrogen and oxygen atoms in total. The van der Waals surface area contributed by atoms with Crippen molar-refractivity contribution >= 4 is 0 Å². The first kappa shape index (κ1) is 9.70.